The molecule has 0 bridgehead atoms. The second kappa shape index (κ2) is 8.13. The summed E-state index contributed by atoms with van der Waals surface area (Å²) in [5.74, 6) is 0.720. The van der Waals surface area contributed by atoms with Gasteiger partial charge < -0.3 is 9.80 Å². The van der Waals surface area contributed by atoms with E-state index < -0.39 is 0 Å². The highest BCUT2D eigenvalue weighted by Crippen LogP contribution is 2.17. The van der Waals surface area contributed by atoms with Crippen molar-refractivity contribution in [3.8, 4) is 6.07 Å². The van der Waals surface area contributed by atoms with Crippen LogP contribution in [-0.2, 0) is 19.4 Å². The van der Waals surface area contributed by atoms with Gasteiger partial charge in [0.25, 0.3) is 5.56 Å². The van der Waals surface area contributed by atoms with Gasteiger partial charge in [-0.1, -0.05) is 12.1 Å². The lowest BCUT2D eigenvalue weighted by Gasteiger charge is -2.32. The summed E-state index contributed by atoms with van der Waals surface area (Å²) in [5, 5.41) is 8.94. The molecule has 3 heterocycles. The largest absolute Gasteiger partial charge is 0.340 e. The van der Waals surface area contributed by atoms with E-state index >= 15 is 0 Å². The van der Waals surface area contributed by atoms with E-state index in [4.69, 9.17) is 10.2 Å². The SMILES string of the molecule is CN1CCN(c2nc3c(c(=O)[nH]2)CCN(Cc2ccc(C#N)cc2)CC3)CC1. The predicted molar refractivity (Wildman–Crippen MR) is 108 cm³/mol. The van der Waals surface area contributed by atoms with E-state index in [1.807, 2.05) is 24.3 Å². The molecule has 28 heavy (non-hydrogen) atoms. The van der Waals surface area contributed by atoms with Crippen LogP contribution < -0.4 is 10.5 Å². The Bertz CT molecular complexity index is 921. The van der Waals surface area contributed by atoms with Crippen LogP contribution >= 0.6 is 0 Å². The molecule has 7 heteroatoms. The molecule has 1 aromatic carbocycles. The van der Waals surface area contributed by atoms with Gasteiger partial charge in [-0.15, -0.1) is 0 Å². The number of hydrogen-bond donors (Lipinski definition) is 1. The van der Waals surface area contributed by atoms with Gasteiger partial charge in [-0.2, -0.15) is 5.26 Å². The van der Waals surface area contributed by atoms with Crippen LogP contribution in [0.15, 0.2) is 29.1 Å². The van der Waals surface area contributed by atoms with Crippen LogP contribution in [0.3, 0.4) is 0 Å². The first-order valence-electron chi connectivity index (χ1n) is 9.89. The minimum Gasteiger partial charge on any atom is -0.340 e. The average molecular weight is 378 g/mol. The molecule has 1 saturated heterocycles. The molecule has 0 unspecified atom stereocenters. The van der Waals surface area contributed by atoms with E-state index in [0.717, 1.165) is 75.9 Å². The Morgan fingerprint density at radius 1 is 1.07 bits per heavy atom. The predicted octanol–water partition coefficient (Wildman–Crippen LogP) is 0.994. The number of benzene rings is 1. The quantitative estimate of drug-likeness (QED) is 0.858. The standard InChI is InChI=1S/C21H26N6O/c1-25-10-12-27(13-11-25)21-23-19-7-9-26(8-6-18(19)20(28)24-21)15-17-4-2-16(14-22)3-5-17/h2-5H,6-13,15H2,1H3,(H,23,24,28). The average Bonchev–Trinajstić information content (AvgIpc) is 2.92. The number of anilines is 1. The zero-order valence-electron chi connectivity index (χ0n) is 16.3. The van der Waals surface area contributed by atoms with Crippen molar-refractivity contribution in [3.05, 3.63) is 57.0 Å². The summed E-state index contributed by atoms with van der Waals surface area (Å²) in [4.78, 5) is 27.4. The first-order valence-corrected chi connectivity index (χ1v) is 9.89. The number of aromatic nitrogens is 2. The molecule has 1 fully saturated rings. The van der Waals surface area contributed by atoms with Crippen molar-refractivity contribution in [1.29, 1.82) is 5.26 Å². The topological polar surface area (TPSA) is 79.3 Å². The minimum atomic E-state index is 0.0131. The van der Waals surface area contributed by atoms with Crippen molar-refractivity contribution in [1.82, 2.24) is 19.8 Å². The first-order chi connectivity index (χ1) is 13.6. The Balaban J connectivity index is 1.46. The van der Waals surface area contributed by atoms with Gasteiger partial charge in [0.1, 0.15) is 0 Å². The number of nitrogens with zero attached hydrogens (tertiary/aromatic N) is 5. The third-order valence-corrected chi connectivity index (χ3v) is 5.72. The molecule has 0 saturated carbocycles. The van der Waals surface area contributed by atoms with Crippen LogP contribution in [0, 0.1) is 11.3 Å². The second-order valence-corrected chi connectivity index (χ2v) is 7.69. The lowest BCUT2D eigenvalue weighted by Crippen LogP contribution is -2.45. The van der Waals surface area contributed by atoms with Crippen LogP contribution in [0.2, 0.25) is 0 Å². The van der Waals surface area contributed by atoms with E-state index in [1.165, 1.54) is 5.56 Å². The molecule has 146 valence electrons. The Kier molecular flexibility index (Phi) is 5.42. The van der Waals surface area contributed by atoms with Crippen LogP contribution in [-0.4, -0.2) is 66.1 Å². The summed E-state index contributed by atoms with van der Waals surface area (Å²) in [6, 6.07) is 9.88. The lowest BCUT2D eigenvalue weighted by molar-refractivity contribution is 0.279. The van der Waals surface area contributed by atoms with E-state index in [2.05, 4.69) is 32.8 Å². The molecule has 2 aliphatic heterocycles. The van der Waals surface area contributed by atoms with Crippen LogP contribution in [0.4, 0.5) is 5.95 Å². The third-order valence-electron chi connectivity index (χ3n) is 5.72. The van der Waals surface area contributed by atoms with Gasteiger partial charge in [-0.3, -0.25) is 14.7 Å². The molecular formula is C21H26N6O. The Morgan fingerprint density at radius 2 is 1.79 bits per heavy atom. The summed E-state index contributed by atoms with van der Waals surface area (Å²) in [6.45, 7) is 6.30. The fourth-order valence-corrected chi connectivity index (χ4v) is 3.91. The molecule has 0 aliphatic carbocycles. The number of nitrogens with one attached hydrogen (secondary N) is 1. The van der Waals surface area contributed by atoms with Crippen LogP contribution in [0.1, 0.15) is 22.4 Å². The summed E-state index contributed by atoms with van der Waals surface area (Å²) < 4.78 is 0. The minimum absolute atomic E-state index is 0.0131. The van der Waals surface area contributed by atoms with Crippen molar-refractivity contribution >= 4 is 5.95 Å². The maximum Gasteiger partial charge on any atom is 0.255 e. The highest BCUT2D eigenvalue weighted by Gasteiger charge is 2.22. The highest BCUT2D eigenvalue weighted by atomic mass is 16.1. The maximum atomic E-state index is 12.7. The molecule has 2 aromatic rings. The molecule has 0 spiro atoms. The van der Waals surface area contributed by atoms with E-state index in [-0.39, 0.29) is 5.56 Å². The van der Waals surface area contributed by atoms with Gasteiger partial charge >= 0.3 is 0 Å². The Labute approximate surface area is 165 Å². The number of nitriles is 1. The third kappa shape index (κ3) is 4.08. The molecule has 7 nitrogen and oxygen atoms in total. The maximum absolute atomic E-state index is 12.7. The second-order valence-electron chi connectivity index (χ2n) is 7.69. The fourth-order valence-electron chi connectivity index (χ4n) is 3.91. The molecule has 0 radical (unpaired) electrons. The number of hydrogen-bond acceptors (Lipinski definition) is 6. The Hall–Kier alpha value is -2.69. The number of aromatic amines is 1. The highest BCUT2D eigenvalue weighted by molar-refractivity contribution is 5.35. The van der Waals surface area contributed by atoms with Crippen molar-refractivity contribution in [3.63, 3.8) is 0 Å². The number of rotatable bonds is 3. The van der Waals surface area contributed by atoms with Gasteiger partial charge in [0.15, 0.2) is 0 Å². The molecule has 0 atom stereocenters. The van der Waals surface area contributed by atoms with Crippen molar-refractivity contribution in [2.45, 2.75) is 19.4 Å². The monoisotopic (exact) mass is 378 g/mol. The number of H-pyrrole nitrogens is 1. The van der Waals surface area contributed by atoms with Gasteiger partial charge in [0.2, 0.25) is 5.95 Å². The normalized spacial score (nSPS) is 18.4. The van der Waals surface area contributed by atoms with Gasteiger partial charge in [0.05, 0.1) is 17.3 Å². The van der Waals surface area contributed by atoms with E-state index in [0.29, 0.717) is 5.56 Å². The summed E-state index contributed by atoms with van der Waals surface area (Å²) in [7, 11) is 2.12. The van der Waals surface area contributed by atoms with Crippen molar-refractivity contribution in [2.75, 3.05) is 51.2 Å². The molecule has 1 aromatic heterocycles. The van der Waals surface area contributed by atoms with Crippen LogP contribution in [0.5, 0.6) is 0 Å². The van der Waals surface area contributed by atoms with Crippen molar-refractivity contribution in [2.24, 2.45) is 0 Å². The summed E-state index contributed by atoms with van der Waals surface area (Å²) in [5.41, 5.74) is 3.66. The van der Waals surface area contributed by atoms with E-state index in [9.17, 15) is 4.79 Å². The van der Waals surface area contributed by atoms with Gasteiger partial charge in [-0.25, -0.2) is 4.98 Å². The van der Waals surface area contributed by atoms with Crippen molar-refractivity contribution < 1.29 is 0 Å². The number of fused-ring (bicyclic) bond motifs is 1. The Morgan fingerprint density at radius 3 is 2.50 bits per heavy atom. The molecule has 0 amide bonds. The van der Waals surface area contributed by atoms with Crippen LogP contribution in [0.25, 0.3) is 0 Å². The zero-order valence-corrected chi connectivity index (χ0v) is 16.3. The molecule has 1 N–H and O–H groups in total. The molecule has 4 rings (SSSR count). The smallest absolute Gasteiger partial charge is 0.255 e. The summed E-state index contributed by atoms with van der Waals surface area (Å²) in [6.07, 6.45) is 1.51. The first kappa shape index (κ1) is 18.7. The summed E-state index contributed by atoms with van der Waals surface area (Å²) >= 11 is 0. The zero-order chi connectivity index (χ0) is 19.5. The fraction of sp³-hybridized carbons (Fsp3) is 0.476. The number of piperazine rings is 1. The van der Waals surface area contributed by atoms with Gasteiger partial charge in [0, 0.05) is 57.8 Å². The van der Waals surface area contributed by atoms with E-state index in [1.54, 1.807) is 0 Å². The molecule has 2 aliphatic rings. The van der Waals surface area contributed by atoms with Gasteiger partial charge in [-0.05, 0) is 31.2 Å². The molecular weight excluding hydrogens is 352 g/mol. The number of likely N-dealkylation sites (N-methyl/N-ethyl adjacent to an activating group) is 1. The lowest BCUT2D eigenvalue weighted by atomic mass is 10.1.